The Morgan fingerprint density at radius 2 is 2.18 bits per heavy atom. The Kier molecular flexibility index (Phi) is 3.03. The zero-order valence-corrected chi connectivity index (χ0v) is 10.6. The lowest BCUT2D eigenvalue weighted by atomic mass is 10.1. The molecular formula is C12H17N3OS. The molecule has 0 bridgehead atoms. The quantitative estimate of drug-likeness (QED) is 0.800. The summed E-state index contributed by atoms with van der Waals surface area (Å²) in [6.07, 6.45) is 3.12. The summed E-state index contributed by atoms with van der Waals surface area (Å²) >= 11 is 1.74. The maximum absolute atomic E-state index is 12.2. The highest BCUT2D eigenvalue weighted by molar-refractivity contribution is 7.10. The van der Waals surface area contributed by atoms with Crippen molar-refractivity contribution in [2.45, 2.75) is 25.3 Å². The van der Waals surface area contributed by atoms with E-state index in [0.717, 1.165) is 44.6 Å². The van der Waals surface area contributed by atoms with Gasteiger partial charge in [0.15, 0.2) is 0 Å². The summed E-state index contributed by atoms with van der Waals surface area (Å²) in [5.41, 5.74) is 1.01. The Labute approximate surface area is 105 Å². The van der Waals surface area contributed by atoms with Gasteiger partial charge in [-0.2, -0.15) is 0 Å². The predicted molar refractivity (Wildman–Crippen MR) is 69.6 cm³/mol. The van der Waals surface area contributed by atoms with E-state index < -0.39 is 0 Å². The first-order chi connectivity index (χ1) is 8.34. The Hall–Kier alpha value is -1.07. The lowest BCUT2D eigenvalue weighted by Gasteiger charge is -2.33. The van der Waals surface area contributed by atoms with Gasteiger partial charge in [-0.3, -0.25) is 0 Å². The van der Waals surface area contributed by atoms with Crippen molar-refractivity contribution in [3.63, 3.8) is 0 Å². The molecule has 0 radical (unpaired) electrons. The highest BCUT2D eigenvalue weighted by Gasteiger charge is 2.28. The van der Waals surface area contributed by atoms with Crippen LogP contribution in [-0.2, 0) is 6.42 Å². The number of rotatable bonds is 1. The molecule has 0 atom stereocenters. The number of hydrogen-bond acceptors (Lipinski definition) is 3. The lowest BCUT2D eigenvalue weighted by Crippen LogP contribution is -2.47. The normalized spacial score (nSPS) is 21.9. The maximum Gasteiger partial charge on any atom is 0.322 e. The number of piperidine rings is 1. The average Bonchev–Trinajstić information content (AvgIpc) is 2.72. The molecule has 0 aliphatic carbocycles. The van der Waals surface area contributed by atoms with Crippen LogP contribution in [0.15, 0.2) is 11.4 Å². The molecule has 0 spiro atoms. The van der Waals surface area contributed by atoms with Crippen LogP contribution in [0.4, 0.5) is 10.5 Å². The molecule has 5 heteroatoms. The summed E-state index contributed by atoms with van der Waals surface area (Å²) in [5.74, 6) is 0. The topological polar surface area (TPSA) is 44.4 Å². The Balaban J connectivity index is 1.75. The molecule has 2 amide bonds. The van der Waals surface area contributed by atoms with E-state index in [9.17, 15) is 4.79 Å². The Morgan fingerprint density at radius 1 is 1.35 bits per heavy atom. The molecule has 92 valence electrons. The van der Waals surface area contributed by atoms with E-state index >= 15 is 0 Å². The van der Waals surface area contributed by atoms with Crippen LogP contribution in [0.5, 0.6) is 0 Å². The minimum absolute atomic E-state index is 0.0778. The molecule has 2 aliphatic heterocycles. The molecule has 4 nitrogen and oxygen atoms in total. The average molecular weight is 251 g/mol. The van der Waals surface area contributed by atoms with E-state index in [1.807, 2.05) is 16.3 Å². The second kappa shape index (κ2) is 4.66. The number of nitrogens with zero attached hydrogens (tertiary/aromatic N) is 1. The van der Waals surface area contributed by atoms with Gasteiger partial charge in [0.25, 0.3) is 0 Å². The van der Waals surface area contributed by atoms with Crippen molar-refractivity contribution in [1.82, 2.24) is 10.2 Å². The molecule has 3 heterocycles. The summed E-state index contributed by atoms with van der Waals surface area (Å²) in [5, 5.41) is 8.41. The lowest BCUT2D eigenvalue weighted by molar-refractivity contribution is 0.173. The van der Waals surface area contributed by atoms with Gasteiger partial charge in [0.05, 0.1) is 5.69 Å². The number of nitrogens with one attached hydrogen (secondary N) is 2. The molecule has 0 aromatic carbocycles. The molecular weight excluding hydrogens is 234 g/mol. The highest BCUT2D eigenvalue weighted by atomic mass is 32.1. The summed E-state index contributed by atoms with van der Waals surface area (Å²) in [6.45, 7) is 2.90. The van der Waals surface area contributed by atoms with Crippen LogP contribution in [0.3, 0.4) is 0 Å². The van der Waals surface area contributed by atoms with Crippen molar-refractivity contribution in [3.05, 3.63) is 16.3 Å². The van der Waals surface area contributed by atoms with Crippen molar-refractivity contribution in [1.29, 1.82) is 0 Å². The predicted octanol–water partition coefficient (Wildman–Crippen LogP) is 1.89. The van der Waals surface area contributed by atoms with Crippen molar-refractivity contribution in [2.24, 2.45) is 0 Å². The van der Waals surface area contributed by atoms with Gasteiger partial charge in [0, 0.05) is 23.9 Å². The summed E-state index contributed by atoms with van der Waals surface area (Å²) in [6, 6.07) is 2.49. The zero-order valence-electron chi connectivity index (χ0n) is 9.74. The van der Waals surface area contributed by atoms with Crippen LogP contribution in [0.1, 0.15) is 17.7 Å². The van der Waals surface area contributed by atoms with E-state index in [1.54, 1.807) is 11.3 Å². The van der Waals surface area contributed by atoms with Crippen molar-refractivity contribution < 1.29 is 4.79 Å². The van der Waals surface area contributed by atoms with Gasteiger partial charge in [0.2, 0.25) is 0 Å². The number of carbonyl (C=O) groups is 1. The minimum Gasteiger partial charge on any atom is -0.321 e. The molecule has 1 aromatic rings. The largest absolute Gasteiger partial charge is 0.322 e. The van der Waals surface area contributed by atoms with Gasteiger partial charge in [-0.1, -0.05) is 0 Å². The highest BCUT2D eigenvalue weighted by Crippen LogP contribution is 2.27. The second-order valence-corrected chi connectivity index (χ2v) is 5.61. The molecule has 2 aliphatic rings. The molecule has 1 aromatic heterocycles. The maximum atomic E-state index is 12.2. The second-order valence-electron chi connectivity index (χ2n) is 4.61. The molecule has 1 saturated heterocycles. The summed E-state index contributed by atoms with van der Waals surface area (Å²) in [7, 11) is 0. The van der Waals surface area contributed by atoms with Gasteiger partial charge in [-0.15, -0.1) is 11.3 Å². The molecule has 3 rings (SSSR count). The third-order valence-corrected chi connectivity index (χ3v) is 4.56. The summed E-state index contributed by atoms with van der Waals surface area (Å²) < 4.78 is 0. The molecule has 0 unspecified atom stereocenters. The van der Waals surface area contributed by atoms with Crippen molar-refractivity contribution in [3.8, 4) is 0 Å². The van der Waals surface area contributed by atoms with Gasteiger partial charge in [-0.05, 0) is 37.4 Å². The van der Waals surface area contributed by atoms with E-state index in [-0.39, 0.29) is 6.03 Å². The smallest absolute Gasteiger partial charge is 0.321 e. The number of urea groups is 1. The van der Waals surface area contributed by atoms with Crippen molar-refractivity contribution >= 4 is 23.1 Å². The van der Waals surface area contributed by atoms with E-state index in [2.05, 4.69) is 10.6 Å². The van der Waals surface area contributed by atoms with E-state index in [4.69, 9.17) is 0 Å². The van der Waals surface area contributed by atoms with Crippen LogP contribution in [0.25, 0.3) is 0 Å². The van der Waals surface area contributed by atoms with Crippen LogP contribution in [0, 0.1) is 0 Å². The summed E-state index contributed by atoms with van der Waals surface area (Å²) in [4.78, 5) is 15.5. The number of hydrogen-bond donors (Lipinski definition) is 2. The third-order valence-electron chi connectivity index (χ3n) is 3.58. The SMILES string of the molecule is O=C1Nc2ccsc2CCN1C1CCNCC1. The minimum atomic E-state index is 0.0778. The van der Waals surface area contributed by atoms with Crippen molar-refractivity contribution in [2.75, 3.05) is 25.0 Å². The third kappa shape index (κ3) is 2.17. The molecule has 2 N–H and O–H groups in total. The molecule has 0 saturated carbocycles. The fourth-order valence-electron chi connectivity index (χ4n) is 2.62. The number of anilines is 1. The molecule has 17 heavy (non-hydrogen) atoms. The number of carbonyl (C=O) groups excluding carboxylic acids is 1. The number of thiophene rings is 1. The van der Waals surface area contributed by atoms with Gasteiger partial charge < -0.3 is 15.5 Å². The van der Waals surface area contributed by atoms with E-state index in [0.29, 0.717) is 6.04 Å². The first-order valence-corrected chi connectivity index (χ1v) is 7.07. The molecule has 1 fully saturated rings. The number of fused-ring (bicyclic) bond motifs is 1. The van der Waals surface area contributed by atoms with Crippen LogP contribution < -0.4 is 10.6 Å². The first-order valence-electron chi connectivity index (χ1n) is 6.19. The van der Waals surface area contributed by atoms with Gasteiger partial charge in [-0.25, -0.2) is 4.79 Å². The standard InChI is InChI=1S/C12H17N3OS/c16-12-14-10-4-8-17-11(10)3-7-15(12)9-1-5-13-6-2-9/h4,8-9,13H,1-3,5-7H2,(H,14,16). The van der Waals surface area contributed by atoms with Gasteiger partial charge >= 0.3 is 6.03 Å². The van der Waals surface area contributed by atoms with Crippen LogP contribution in [-0.4, -0.2) is 36.6 Å². The fraction of sp³-hybridized carbons (Fsp3) is 0.583. The monoisotopic (exact) mass is 251 g/mol. The van der Waals surface area contributed by atoms with Crippen LogP contribution in [0.2, 0.25) is 0 Å². The number of amides is 2. The Morgan fingerprint density at radius 3 is 3.00 bits per heavy atom. The van der Waals surface area contributed by atoms with E-state index in [1.165, 1.54) is 4.88 Å². The zero-order chi connectivity index (χ0) is 11.7. The van der Waals surface area contributed by atoms with Gasteiger partial charge in [0.1, 0.15) is 0 Å². The first kappa shape index (κ1) is 11.0. The fourth-order valence-corrected chi connectivity index (χ4v) is 3.45. The Bertz CT molecular complexity index is 412. The van der Waals surface area contributed by atoms with Crippen LogP contribution >= 0.6 is 11.3 Å².